The molecule has 0 bridgehead atoms. The number of carbonyl (C=O) groups excluding carboxylic acids is 1. The van der Waals surface area contributed by atoms with E-state index in [2.05, 4.69) is 18.3 Å². The van der Waals surface area contributed by atoms with Crippen LogP contribution in [0.1, 0.15) is 17.5 Å². The molecule has 1 aromatic rings. The number of methoxy groups -OCH3 is 1. The Hall–Kier alpha value is -1.51. The van der Waals surface area contributed by atoms with Gasteiger partial charge in [0.15, 0.2) is 0 Å². The highest BCUT2D eigenvalue weighted by Gasteiger charge is 2.24. The molecule has 0 aliphatic carbocycles. The fraction of sp³-hybridized carbons (Fsp3) is 0.417. The van der Waals surface area contributed by atoms with E-state index < -0.39 is 0 Å². The summed E-state index contributed by atoms with van der Waals surface area (Å²) < 4.78 is 4.73. The van der Waals surface area contributed by atoms with Crippen molar-refractivity contribution in [3.05, 3.63) is 29.3 Å². The van der Waals surface area contributed by atoms with Crippen molar-refractivity contribution < 1.29 is 9.53 Å². The average molecular weight is 205 g/mol. The predicted molar refractivity (Wildman–Crippen MR) is 58.9 cm³/mol. The van der Waals surface area contributed by atoms with Crippen molar-refractivity contribution in [2.45, 2.75) is 25.8 Å². The summed E-state index contributed by atoms with van der Waals surface area (Å²) in [7, 11) is 1.43. The molecule has 1 N–H and O–H groups in total. The minimum absolute atomic E-state index is 0.179. The summed E-state index contributed by atoms with van der Waals surface area (Å²) in [4.78, 5) is 11.4. The molecule has 0 spiro atoms. The van der Waals surface area contributed by atoms with Crippen molar-refractivity contribution in [2.75, 3.05) is 12.4 Å². The zero-order valence-corrected chi connectivity index (χ0v) is 9.04. The molecule has 1 heterocycles. The van der Waals surface area contributed by atoms with Gasteiger partial charge in [-0.25, -0.2) is 4.79 Å². The van der Waals surface area contributed by atoms with Crippen LogP contribution in [0.2, 0.25) is 0 Å². The molecule has 0 aromatic heterocycles. The topological polar surface area (TPSA) is 38.3 Å². The van der Waals surface area contributed by atoms with Gasteiger partial charge in [-0.05, 0) is 37.0 Å². The standard InChI is InChI=1S/C12H15NO2/c1-8-4-3-5-10-9(8)6-7-11(13-10)12(14)15-2/h3-5,11,13H,6-7H2,1-2H3. The molecule has 1 aromatic carbocycles. The minimum Gasteiger partial charge on any atom is -0.467 e. The lowest BCUT2D eigenvalue weighted by atomic mass is 9.94. The first-order valence-corrected chi connectivity index (χ1v) is 5.15. The van der Waals surface area contributed by atoms with E-state index in [1.807, 2.05) is 12.1 Å². The highest BCUT2D eigenvalue weighted by atomic mass is 16.5. The van der Waals surface area contributed by atoms with Gasteiger partial charge in [-0.3, -0.25) is 0 Å². The monoisotopic (exact) mass is 205 g/mol. The second-order valence-electron chi connectivity index (χ2n) is 3.86. The number of hydrogen-bond donors (Lipinski definition) is 1. The number of esters is 1. The van der Waals surface area contributed by atoms with Gasteiger partial charge in [-0.15, -0.1) is 0 Å². The molecule has 1 aliphatic heterocycles. The van der Waals surface area contributed by atoms with Crippen molar-refractivity contribution in [2.24, 2.45) is 0 Å². The maximum atomic E-state index is 11.4. The summed E-state index contributed by atoms with van der Waals surface area (Å²) in [5.74, 6) is -0.179. The Balaban J connectivity index is 2.24. The number of benzene rings is 1. The first-order chi connectivity index (χ1) is 7.22. The van der Waals surface area contributed by atoms with E-state index >= 15 is 0 Å². The molecule has 1 unspecified atom stereocenters. The second-order valence-corrected chi connectivity index (χ2v) is 3.86. The maximum absolute atomic E-state index is 11.4. The SMILES string of the molecule is COC(=O)C1CCc2c(C)cccc2N1. The number of aryl methyl sites for hydroxylation is 1. The van der Waals surface area contributed by atoms with Crippen LogP contribution < -0.4 is 5.32 Å². The van der Waals surface area contributed by atoms with Crippen molar-refractivity contribution in [1.29, 1.82) is 0 Å². The molecule has 0 saturated heterocycles. The summed E-state index contributed by atoms with van der Waals surface area (Å²) in [5.41, 5.74) is 3.66. The molecular formula is C12H15NO2. The number of fused-ring (bicyclic) bond motifs is 1. The number of carbonyl (C=O) groups is 1. The average Bonchev–Trinajstić information content (AvgIpc) is 2.28. The van der Waals surface area contributed by atoms with Gasteiger partial charge in [-0.2, -0.15) is 0 Å². The summed E-state index contributed by atoms with van der Waals surface area (Å²) in [6.45, 7) is 2.10. The molecular weight excluding hydrogens is 190 g/mol. The van der Waals surface area contributed by atoms with E-state index in [0.717, 1.165) is 18.5 Å². The maximum Gasteiger partial charge on any atom is 0.328 e. The van der Waals surface area contributed by atoms with Gasteiger partial charge in [0.2, 0.25) is 0 Å². The smallest absolute Gasteiger partial charge is 0.328 e. The van der Waals surface area contributed by atoms with Crippen molar-refractivity contribution in [3.63, 3.8) is 0 Å². The molecule has 1 aliphatic rings. The van der Waals surface area contributed by atoms with Gasteiger partial charge < -0.3 is 10.1 Å². The molecule has 0 amide bonds. The van der Waals surface area contributed by atoms with E-state index in [-0.39, 0.29) is 12.0 Å². The lowest BCUT2D eigenvalue weighted by Crippen LogP contribution is -2.34. The van der Waals surface area contributed by atoms with Gasteiger partial charge in [0, 0.05) is 5.69 Å². The zero-order chi connectivity index (χ0) is 10.8. The van der Waals surface area contributed by atoms with Crippen molar-refractivity contribution in [3.8, 4) is 0 Å². The molecule has 0 fully saturated rings. The highest BCUT2D eigenvalue weighted by Crippen LogP contribution is 2.27. The predicted octanol–water partition coefficient (Wildman–Crippen LogP) is 1.89. The number of rotatable bonds is 1. The fourth-order valence-corrected chi connectivity index (χ4v) is 2.04. The van der Waals surface area contributed by atoms with Crippen LogP contribution in [0.15, 0.2) is 18.2 Å². The van der Waals surface area contributed by atoms with Crippen LogP contribution in [0.3, 0.4) is 0 Å². The lowest BCUT2D eigenvalue weighted by molar-refractivity contribution is -0.141. The molecule has 15 heavy (non-hydrogen) atoms. The van der Waals surface area contributed by atoms with Crippen LogP contribution >= 0.6 is 0 Å². The number of nitrogens with one attached hydrogen (secondary N) is 1. The number of ether oxygens (including phenoxy) is 1. The largest absolute Gasteiger partial charge is 0.467 e. The molecule has 2 rings (SSSR count). The van der Waals surface area contributed by atoms with E-state index in [1.165, 1.54) is 18.2 Å². The van der Waals surface area contributed by atoms with Gasteiger partial charge in [0.05, 0.1) is 7.11 Å². The Bertz CT molecular complexity index is 387. The van der Waals surface area contributed by atoms with Crippen molar-refractivity contribution >= 4 is 11.7 Å². The van der Waals surface area contributed by atoms with Crippen LogP contribution in [0.4, 0.5) is 5.69 Å². The van der Waals surface area contributed by atoms with Gasteiger partial charge >= 0.3 is 5.97 Å². The summed E-state index contributed by atoms with van der Waals surface area (Å²) >= 11 is 0. The second kappa shape index (κ2) is 3.93. The Labute approximate surface area is 89.4 Å². The van der Waals surface area contributed by atoms with Crippen molar-refractivity contribution in [1.82, 2.24) is 0 Å². The Kier molecular flexibility index (Phi) is 2.62. The van der Waals surface area contributed by atoms with Gasteiger partial charge in [-0.1, -0.05) is 12.1 Å². The quantitative estimate of drug-likeness (QED) is 0.711. The molecule has 0 radical (unpaired) electrons. The first kappa shape index (κ1) is 10.0. The van der Waals surface area contributed by atoms with E-state index in [4.69, 9.17) is 4.74 Å². The van der Waals surface area contributed by atoms with Crippen LogP contribution in [0.25, 0.3) is 0 Å². The van der Waals surface area contributed by atoms with Crippen LogP contribution in [-0.4, -0.2) is 19.1 Å². The Morgan fingerprint density at radius 1 is 1.53 bits per heavy atom. The van der Waals surface area contributed by atoms with Crippen LogP contribution in [0, 0.1) is 6.92 Å². The Morgan fingerprint density at radius 2 is 2.33 bits per heavy atom. The summed E-state index contributed by atoms with van der Waals surface area (Å²) in [6, 6.07) is 5.92. The highest BCUT2D eigenvalue weighted by molar-refractivity contribution is 5.80. The summed E-state index contributed by atoms with van der Waals surface area (Å²) in [6.07, 6.45) is 1.75. The molecule has 3 heteroatoms. The van der Waals surface area contributed by atoms with E-state index in [9.17, 15) is 4.79 Å². The summed E-state index contributed by atoms with van der Waals surface area (Å²) in [5, 5.41) is 3.21. The number of anilines is 1. The normalized spacial score (nSPS) is 18.9. The molecule has 0 saturated carbocycles. The Morgan fingerprint density at radius 3 is 3.07 bits per heavy atom. The number of hydrogen-bond acceptors (Lipinski definition) is 3. The van der Waals surface area contributed by atoms with Gasteiger partial charge in [0.1, 0.15) is 6.04 Å². The van der Waals surface area contributed by atoms with E-state index in [0.29, 0.717) is 0 Å². The van der Waals surface area contributed by atoms with Gasteiger partial charge in [0.25, 0.3) is 0 Å². The minimum atomic E-state index is -0.190. The first-order valence-electron chi connectivity index (χ1n) is 5.15. The third-order valence-corrected chi connectivity index (χ3v) is 2.91. The molecule has 1 atom stereocenters. The fourth-order valence-electron chi connectivity index (χ4n) is 2.04. The third-order valence-electron chi connectivity index (χ3n) is 2.91. The van der Waals surface area contributed by atoms with E-state index in [1.54, 1.807) is 0 Å². The zero-order valence-electron chi connectivity index (χ0n) is 9.04. The molecule has 3 nitrogen and oxygen atoms in total. The third kappa shape index (κ3) is 1.82. The van der Waals surface area contributed by atoms with Crippen LogP contribution in [-0.2, 0) is 16.0 Å². The lowest BCUT2D eigenvalue weighted by Gasteiger charge is -2.26. The molecule has 80 valence electrons. The van der Waals surface area contributed by atoms with Crippen LogP contribution in [0.5, 0.6) is 0 Å².